The maximum absolute atomic E-state index is 12.8. The third-order valence-electron chi connectivity index (χ3n) is 4.02. The molecule has 1 aliphatic rings. The number of urea groups is 1. The van der Waals surface area contributed by atoms with Crippen LogP contribution in [-0.4, -0.2) is 23.2 Å². The topological polar surface area (TPSA) is 32.3 Å². The van der Waals surface area contributed by atoms with Gasteiger partial charge in [0.2, 0.25) is 0 Å². The number of nitrogens with zero attached hydrogens (tertiary/aromatic N) is 1. The Hall–Kier alpha value is -1.36. The predicted molar refractivity (Wildman–Crippen MR) is 103 cm³/mol. The Balaban J connectivity index is 1.81. The van der Waals surface area contributed by atoms with Gasteiger partial charge in [0.05, 0.1) is 0 Å². The summed E-state index contributed by atoms with van der Waals surface area (Å²) in [6.45, 7) is 2.77. The molecule has 126 valence electrons. The molecule has 0 unspecified atom stereocenters. The van der Waals surface area contributed by atoms with Crippen LogP contribution < -0.4 is 5.32 Å². The average molecular weight is 381 g/mol. The van der Waals surface area contributed by atoms with Crippen LogP contribution in [0.25, 0.3) is 0 Å². The molecule has 3 rings (SSSR count). The number of amides is 2. The number of aryl methyl sites for hydroxylation is 1. The number of hydrogen-bond acceptors (Lipinski definition) is 2. The normalized spacial score (nSPS) is 17.1. The molecule has 0 saturated carbocycles. The lowest BCUT2D eigenvalue weighted by Crippen LogP contribution is -2.34. The van der Waals surface area contributed by atoms with Gasteiger partial charge in [0, 0.05) is 33.6 Å². The van der Waals surface area contributed by atoms with Gasteiger partial charge < -0.3 is 10.2 Å². The summed E-state index contributed by atoms with van der Waals surface area (Å²) in [5.74, 6) is 0.881. The van der Waals surface area contributed by atoms with Gasteiger partial charge in [-0.15, -0.1) is 11.8 Å². The number of hydrogen-bond donors (Lipinski definition) is 1. The first-order valence-electron chi connectivity index (χ1n) is 7.82. The van der Waals surface area contributed by atoms with Crippen LogP contribution in [0.5, 0.6) is 0 Å². The number of halogens is 2. The number of anilines is 1. The van der Waals surface area contributed by atoms with E-state index in [1.807, 2.05) is 41.3 Å². The molecular formula is C18H18Cl2N2OS. The minimum atomic E-state index is -0.100. The molecule has 0 spiro atoms. The summed E-state index contributed by atoms with van der Waals surface area (Å²) >= 11 is 14.0. The third-order valence-corrected chi connectivity index (χ3v) is 5.83. The molecular weight excluding hydrogens is 363 g/mol. The monoisotopic (exact) mass is 380 g/mol. The zero-order valence-corrected chi connectivity index (χ0v) is 15.6. The van der Waals surface area contributed by atoms with Gasteiger partial charge in [0.15, 0.2) is 0 Å². The van der Waals surface area contributed by atoms with E-state index in [2.05, 4.69) is 12.2 Å². The Kier molecular flexibility index (Phi) is 5.59. The fourth-order valence-corrected chi connectivity index (χ4v) is 4.64. The number of benzene rings is 2. The van der Waals surface area contributed by atoms with Crippen LogP contribution in [0, 0.1) is 0 Å². The summed E-state index contributed by atoms with van der Waals surface area (Å²) in [7, 11) is 0. The maximum atomic E-state index is 12.8. The van der Waals surface area contributed by atoms with Crippen molar-refractivity contribution in [3.63, 3.8) is 0 Å². The first-order chi connectivity index (χ1) is 11.6. The van der Waals surface area contributed by atoms with Crippen molar-refractivity contribution in [2.75, 3.05) is 17.6 Å². The first-order valence-corrected chi connectivity index (χ1v) is 9.62. The van der Waals surface area contributed by atoms with Crippen molar-refractivity contribution in [1.82, 2.24) is 4.90 Å². The van der Waals surface area contributed by atoms with Crippen molar-refractivity contribution in [3.05, 3.63) is 63.6 Å². The van der Waals surface area contributed by atoms with E-state index in [4.69, 9.17) is 23.2 Å². The van der Waals surface area contributed by atoms with E-state index < -0.39 is 0 Å². The second-order valence-electron chi connectivity index (χ2n) is 5.52. The van der Waals surface area contributed by atoms with Crippen molar-refractivity contribution in [2.45, 2.75) is 18.7 Å². The highest BCUT2D eigenvalue weighted by Crippen LogP contribution is 2.41. The smallest absolute Gasteiger partial charge is 0.308 e. The highest BCUT2D eigenvalue weighted by molar-refractivity contribution is 7.99. The second kappa shape index (κ2) is 7.68. The highest BCUT2D eigenvalue weighted by Gasteiger charge is 2.32. The molecule has 6 heteroatoms. The minimum absolute atomic E-state index is 0.0939. The molecule has 2 aromatic carbocycles. The molecule has 1 fully saturated rings. The highest BCUT2D eigenvalue weighted by atomic mass is 35.5. The van der Waals surface area contributed by atoms with Gasteiger partial charge in [0.1, 0.15) is 5.37 Å². The molecule has 2 amide bonds. The van der Waals surface area contributed by atoms with Gasteiger partial charge in [-0.25, -0.2) is 4.79 Å². The molecule has 0 aliphatic carbocycles. The summed E-state index contributed by atoms with van der Waals surface area (Å²) in [6.07, 6.45) is 0.873. The molecule has 1 atom stereocenters. The Morgan fingerprint density at radius 1 is 1.29 bits per heavy atom. The van der Waals surface area contributed by atoms with Gasteiger partial charge in [0.25, 0.3) is 0 Å². The summed E-state index contributed by atoms with van der Waals surface area (Å²) < 4.78 is 0. The van der Waals surface area contributed by atoms with E-state index in [1.165, 1.54) is 0 Å². The summed E-state index contributed by atoms with van der Waals surface area (Å²) in [4.78, 5) is 14.6. The summed E-state index contributed by atoms with van der Waals surface area (Å²) in [5, 5.41) is 4.13. The van der Waals surface area contributed by atoms with Crippen molar-refractivity contribution in [3.8, 4) is 0 Å². The SMILES string of the molecule is CCc1ccccc1NC(=O)N1CCS[C@H]1c1ccc(Cl)cc1Cl. The molecule has 0 aromatic heterocycles. The Morgan fingerprint density at radius 2 is 2.08 bits per heavy atom. The number of rotatable bonds is 3. The lowest BCUT2D eigenvalue weighted by molar-refractivity contribution is 0.214. The van der Waals surface area contributed by atoms with Gasteiger partial charge in [-0.05, 0) is 30.2 Å². The quantitative estimate of drug-likeness (QED) is 0.725. The van der Waals surface area contributed by atoms with Crippen molar-refractivity contribution in [1.29, 1.82) is 0 Å². The molecule has 2 aromatic rings. The fraction of sp³-hybridized carbons (Fsp3) is 0.278. The van der Waals surface area contributed by atoms with Crippen LogP contribution in [0.2, 0.25) is 10.0 Å². The van der Waals surface area contributed by atoms with Gasteiger partial charge >= 0.3 is 6.03 Å². The van der Waals surface area contributed by atoms with Crippen molar-refractivity contribution in [2.24, 2.45) is 0 Å². The molecule has 3 nitrogen and oxygen atoms in total. The Labute approximate surface area is 156 Å². The van der Waals surface area contributed by atoms with E-state index in [9.17, 15) is 4.79 Å². The average Bonchev–Trinajstić information content (AvgIpc) is 3.05. The number of thioether (sulfide) groups is 1. The number of carbonyl (C=O) groups is 1. The van der Waals surface area contributed by atoms with Crippen LogP contribution in [0.3, 0.4) is 0 Å². The Bertz CT molecular complexity index is 754. The first kappa shape index (κ1) is 17.5. The molecule has 1 saturated heterocycles. The molecule has 0 bridgehead atoms. The molecule has 1 N–H and O–H groups in total. The molecule has 24 heavy (non-hydrogen) atoms. The van der Waals surface area contributed by atoms with E-state index in [0.717, 1.165) is 29.0 Å². The number of para-hydroxylation sites is 1. The van der Waals surface area contributed by atoms with Crippen molar-refractivity contribution >= 4 is 46.7 Å². The lowest BCUT2D eigenvalue weighted by Gasteiger charge is -2.25. The number of nitrogens with one attached hydrogen (secondary N) is 1. The molecule has 1 heterocycles. The van der Waals surface area contributed by atoms with Crippen LogP contribution >= 0.6 is 35.0 Å². The van der Waals surface area contributed by atoms with Crippen LogP contribution in [0.15, 0.2) is 42.5 Å². The van der Waals surface area contributed by atoms with Crippen LogP contribution in [-0.2, 0) is 6.42 Å². The van der Waals surface area contributed by atoms with Crippen LogP contribution in [0.1, 0.15) is 23.4 Å². The van der Waals surface area contributed by atoms with E-state index in [1.54, 1.807) is 17.8 Å². The summed E-state index contributed by atoms with van der Waals surface area (Å²) in [6, 6.07) is 13.2. The lowest BCUT2D eigenvalue weighted by atomic mass is 10.1. The molecule has 0 radical (unpaired) electrons. The van der Waals surface area contributed by atoms with E-state index >= 15 is 0 Å². The van der Waals surface area contributed by atoms with Crippen molar-refractivity contribution < 1.29 is 4.79 Å². The minimum Gasteiger partial charge on any atom is -0.308 e. The maximum Gasteiger partial charge on any atom is 0.323 e. The Morgan fingerprint density at radius 3 is 2.83 bits per heavy atom. The van der Waals surface area contributed by atoms with E-state index in [0.29, 0.717) is 16.6 Å². The van der Waals surface area contributed by atoms with Gasteiger partial charge in [-0.3, -0.25) is 0 Å². The zero-order valence-electron chi connectivity index (χ0n) is 13.3. The third kappa shape index (κ3) is 3.66. The van der Waals surface area contributed by atoms with Gasteiger partial charge in [-0.2, -0.15) is 0 Å². The largest absolute Gasteiger partial charge is 0.323 e. The van der Waals surface area contributed by atoms with Gasteiger partial charge in [-0.1, -0.05) is 54.4 Å². The second-order valence-corrected chi connectivity index (χ2v) is 7.55. The fourth-order valence-electron chi connectivity index (χ4n) is 2.77. The predicted octanol–water partition coefficient (Wildman–Crippen LogP) is 5.84. The summed E-state index contributed by atoms with van der Waals surface area (Å²) in [5.41, 5.74) is 2.91. The standard InChI is InChI=1S/C18H18Cl2N2OS/c1-2-12-5-3-4-6-16(12)21-18(23)22-9-10-24-17(22)14-8-7-13(19)11-15(14)20/h3-8,11,17H,2,9-10H2,1H3,(H,21,23)/t17-/m0/s1. The molecule has 1 aliphatic heterocycles. The van der Waals surface area contributed by atoms with Crippen LogP contribution in [0.4, 0.5) is 10.5 Å². The van der Waals surface area contributed by atoms with E-state index in [-0.39, 0.29) is 11.4 Å². The zero-order chi connectivity index (χ0) is 17.1. The number of carbonyl (C=O) groups excluding carboxylic acids is 1.